The second kappa shape index (κ2) is 6.78. The van der Waals surface area contributed by atoms with Crippen LogP contribution in [0.15, 0.2) is 30.5 Å². The van der Waals surface area contributed by atoms with E-state index in [9.17, 15) is 4.79 Å². The Hall–Kier alpha value is -2.50. The first kappa shape index (κ1) is 17.3. The molecule has 3 N–H and O–H groups in total. The molecule has 6 heteroatoms. The third kappa shape index (κ3) is 4.13. The van der Waals surface area contributed by atoms with Gasteiger partial charge in [0.25, 0.3) is 0 Å². The maximum absolute atomic E-state index is 12.3. The normalized spacial score (nSPS) is 18.2. The van der Waals surface area contributed by atoms with E-state index >= 15 is 0 Å². The number of carbonyl (C=O) groups is 1. The number of likely N-dealkylation sites (tertiary alicyclic amines) is 1. The van der Waals surface area contributed by atoms with Crippen LogP contribution >= 0.6 is 0 Å². The molecular weight excluding hydrogens is 316 g/mol. The molecular formula is C19H26N4O2. The Balaban J connectivity index is 1.75. The number of ether oxygens (including phenoxy) is 1. The van der Waals surface area contributed by atoms with Gasteiger partial charge in [0.1, 0.15) is 5.60 Å². The molecule has 1 aromatic heterocycles. The van der Waals surface area contributed by atoms with E-state index in [0.717, 1.165) is 36.0 Å². The van der Waals surface area contributed by atoms with Crippen molar-refractivity contribution in [2.75, 3.05) is 24.1 Å². The van der Waals surface area contributed by atoms with E-state index < -0.39 is 5.60 Å². The number of benzene rings is 1. The van der Waals surface area contributed by atoms with Crippen molar-refractivity contribution >= 4 is 28.4 Å². The molecule has 1 saturated heterocycles. The van der Waals surface area contributed by atoms with E-state index in [4.69, 9.17) is 10.5 Å². The fraction of sp³-hybridized carbons (Fsp3) is 0.474. The average Bonchev–Trinajstić information content (AvgIpc) is 2.56. The van der Waals surface area contributed by atoms with Crippen LogP contribution in [0.5, 0.6) is 0 Å². The van der Waals surface area contributed by atoms with Crippen molar-refractivity contribution in [3.05, 3.63) is 30.5 Å². The molecule has 1 aliphatic rings. The smallest absolute Gasteiger partial charge is 0.410 e. The highest BCUT2D eigenvalue weighted by Gasteiger charge is 2.28. The molecule has 0 aliphatic carbocycles. The number of nitrogen functional groups attached to an aromatic ring is 1. The van der Waals surface area contributed by atoms with Crippen LogP contribution in [-0.4, -0.2) is 40.7 Å². The number of nitrogens with one attached hydrogen (secondary N) is 1. The van der Waals surface area contributed by atoms with Crippen LogP contribution in [0, 0.1) is 0 Å². The lowest BCUT2D eigenvalue weighted by Gasteiger charge is -2.35. The van der Waals surface area contributed by atoms with Crippen molar-refractivity contribution in [2.24, 2.45) is 0 Å². The first-order valence-corrected chi connectivity index (χ1v) is 8.71. The monoisotopic (exact) mass is 342 g/mol. The summed E-state index contributed by atoms with van der Waals surface area (Å²) in [6.45, 7) is 6.97. The number of hydrogen-bond donors (Lipinski definition) is 2. The minimum atomic E-state index is -0.483. The lowest BCUT2D eigenvalue weighted by atomic mass is 10.0. The number of aromatic nitrogens is 1. The molecule has 0 saturated carbocycles. The molecule has 0 bridgehead atoms. The Bertz CT molecular complexity index is 770. The summed E-state index contributed by atoms with van der Waals surface area (Å²) >= 11 is 0. The summed E-state index contributed by atoms with van der Waals surface area (Å²) < 4.78 is 5.49. The number of fused-ring (bicyclic) bond motifs is 1. The highest BCUT2D eigenvalue weighted by molar-refractivity contribution is 5.97. The van der Waals surface area contributed by atoms with Crippen LogP contribution in [0.3, 0.4) is 0 Å². The van der Waals surface area contributed by atoms with Crippen molar-refractivity contribution in [2.45, 2.75) is 45.3 Å². The minimum Gasteiger partial charge on any atom is -0.444 e. The van der Waals surface area contributed by atoms with Gasteiger partial charge in [-0.15, -0.1) is 0 Å². The molecule has 2 heterocycles. The fourth-order valence-electron chi connectivity index (χ4n) is 3.11. The molecule has 0 unspecified atom stereocenters. The van der Waals surface area contributed by atoms with Crippen LogP contribution in [0.2, 0.25) is 0 Å². The molecule has 6 nitrogen and oxygen atoms in total. The average molecular weight is 342 g/mol. The molecule has 0 radical (unpaired) electrons. The van der Waals surface area contributed by atoms with Gasteiger partial charge in [0.05, 0.1) is 23.1 Å². The van der Waals surface area contributed by atoms with Crippen LogP contribution < -0.4 is 11.1 Å². The number of rotatable bonds is 2. The Morgan fingerprint density at radius 2 is 2.12 bits per heavy atom. The van der Waals surface area contributed by atoms with Crippen LogP contribution in [0.25, 0.3) is 10.9 Å². The van der Waals surface area contributed by atoms with Gasteiger partial charge in [-0.05, 0) is 39.7 Å². The number of anilines is 2. The quantitative estimate of drug-likeness (QED) is 0.871. The third-order valence-corrected chi connectivity index (χ3v) is 4.23. The van der Waals surface area contributed by atoms with E-state index in [1.54, 1.807) is 11.1 Å². The zero-order chi connectivity index (χ0) is 18.0. The number of amides is 1. The van der Waals surface area contributed by atoms with Gasteiger partial charge in [-0.1, -0.05) is 18.2 Å². The molecule has 1 aromatic carbocycles. The molecule has 1 atom stereocenters. The molecule has 1 fully saturated rings. The summed E-state index contributed by atoms with van der Waals surface area (Å²) in [7, 11) is 0. The number of nitrogens with zero attached hydrogens (tertiary/aromatic N) is 2. The number of para-hydroxylation sites is 1. The van der Waals surface area contributed by atoms with E-state index in [1.807, 2.05) is 45.0 Å². The van der Waals surface area contributed by atoms with Crippen molar-refractivity contribution in [3.63, 3.8) is 0 Å². The minimum absolute atomic E-state index is 0.134. The van der Waals surface area contributed by atoms with Gasteiger partial charge in [-0.3, -0.25) is 4.98 Å². The van der Waals surface area contributed by atoms with Crippen molar-refractivity contribution in [3.8, 4) is 0 Å². The van der Waals surface area contributed by atoms with E-state index in [-0.39, 0.29) is 12.1 Å². The number of pyridine rings is 1. The first-order chi connectivity index (χ1) is 11.8. The predicted molar refractivity (Wildman–Crippen MR) is 101 cm³/mol. The maximum Gasteiger partial charge on any atom is 0.410 e. The summed E-state index contributed by atoms with van der Waals surface area (Å²) in [5.74, 6) is 0. The van der Waals surface area contributed by atoms with Crippen molar-refractivity contribution < 1.29 is 9.53 Å². The number of hydrogen-bond acceptors (Lipinski definition) is 5. The van der Waals surface area contributed by atoms with E-state index in [2.05, 4.69) is 10.3 Å². The molecule has 0 spiro atoms. The fourth-order valence-corrected chi connectivity index (χ4v) is 3.11. The second-order valence-corrected chi connectivity index (χ2v) is 7.52. The van der Waals surface area contributed by atoms with Crippen LogP contribution in [0.4, 0.5) is 16.2 Å². The third-order valence-electron chi connectivity index (χ3n) is 4.23. The summed E-state index contributed by atoms with van der Waals surface area (Å²) in [5.41, 5.74) is 8.08. The van der Waals surface area contributed by atoms with Crippen LogP contribution in [-0.2, 0) is 4.74 Å². The van der Waals surface area contributed by atoms with Gasteiger partial charge in [0, 0.05) is 24.5 Å². The first-order valence-electron chi connectivity index (χ1n) is 8.71. The van der Waals surface area contributed by atoms with E-state index in [1.165, 1.54) is 0 Å². The highest BCUT2D eigenvalue weighted by atomic mass is 16.6. The summed E-state index contributed by atoms with van der Waals surface area (Å²) in [6.07, 6.45) is 3.33. The van der Waals surface area contributed by atoms with Crippen molar-refractivity contribution in [1.82, 2.24) is 9.88 Å². The molecule has 1 amide bonds. The van der Waals surface area contributed by atoms with Gasteiger partial charge in [-0.2, -0.15) is 0 Å². The SMILES string of the molecule is CC(C)(C)OC(=O)N1CCC[C@@H](Nc2c(N)cnc3ccccc23)C1. The van der Waals surface area contributed by atoms with E-state index in [0.29, 0.717) is 12.2 Å². The Morgan fingerprint density at radius 3 is 2.88 bits per heavy atom. The van der Waals surface area contributed by atoms with Gasteiger partial charge in [0.15, 0.2) is 0 Å². The number of nitrogens with two attached hydrogens (primary N) is 1. The molecule has 25 heavy (non-hydrogen) atoms. The number of carbonyl (C=O) groups excluding carboxylic acids is 1. The van der Waals surface area contributed by atoms with Gasteiger partial charge < -0.3 is 20.7 Å². The van der Waals surface area contributed by atoms with Crippen molar-refractivity contribution in [1.29, 1.82) is 0 Å². The zero-order valence-corrected chi connectivity index (χ0v) is 15.1. The number of piperidine rings is 1. The van der Waals surface area contributed by atoms with Gasteiger partial charge in [-0.25, -0.2) is 4.79 Å². The summed E-state index contributed by atoms with van der Waals surface area (Å²) in [5, 5.41) is 4.52. The van der Waals surface area contributed by atoms with Crippen LogP contribution in [0.1, 0.15) is 33.6 Å². The molecule has 134 valence electrons. The standard InChI is InChI=1S/C19H26N4O2/c1-19(2,3)25-18(24)23-10-6-7-13(12-23)22-17-14-8-4-5-9-16(14)21-11-15(17)20/h4-5,8-9,11,13H,6-7,10,12,20H2,1-3H3,(H,21,22)/t13-/m1/s1. The lowest BCUT2D eigenvalue weighted by molar-refractivity contribution is 0.0206. The Kier molecular flexibility index (Phi) is 4.70. The van der Waals surface area contributed by atoms with Gasteiger partial charge >= 0.3 is 6.09 Å². The molecule has 1 aliphatic heterocycles. The predicted octanol–water partition coefficient (Wildman–Crippen LogP) is 3.63. The molecule has 3 rings (SSSR count). The Labute approximate surface area is 148 Å². The second-order valence-electron chi connectivity index (χ2n) is 7.52. The Morgan fingerprint density at radius 1 is 1.36 bits per heavy atom. The zero-order valence-electron chi connectivity index (χ0n) is 15.1. The topological polar surface area (TPSA) is 80.5 Å². The lowest BCUT2D eigenvalue weighted by Crippen LogP contribution is -2.47. The summed E-state index contributed by atoms with van der Waals surface area (Å²) in [4.78, 5) is 18.5. The molecule has 2 aromatic rings. The highest BCUT2D eigenvalue weighted by Crippen LogP contribution is 2.29. The maximum atomic E-state index is 12.3. The van der Waals surface area contributed by atoms with Gasteiger partial charge in [0.2, 0.25) is 0 Å². The largest absolute Gasteiger partial charge is 0.444 e. The summed E-state index contributed by atoms with van der Waals surface area (Å²) in [6, 6.07) is 8.04.